The maximum Gasteiger partial charge on any atom is 0.225 e. The second-order valence-corrected chi connectivity index (χ2v) is 7.54. The molecule has 1 aliphatic carbocycles. The Labute approximate surface area is 159 Å². The van der Waals surface area contributed by atoms with Crippen molar-refractivity contribution in [2.24, 2.45) is 10.9 Å². The maximum atomic E-state index is 12.7. The molecule has 6 heteroatoms. The first-order valence-electron chi connectivity index (χ1n) is 10.7. The summed E-state index contributed by atoms with van der Waals surface area (Å²) in [5.41, 5.74) is 0. The van der Waals surface area contributed by atoms with Crippen LogP contribution in [0.4, 0.5) is 0 Å². The number of likely N-dealkylation sites (tertiary alicyclic amines) is 1. The second-order valence-electron chi connectivity index (χ2n) is 7.54. The van der Waals surface area contributed by atoms with Crippen LogP contribution in [0.5, 0.6) is 0 Å². The molecule has 1 atom stereocenters. The molecule has 1 amide bonds. The molecule has 0 aromatic rings. The zero-order valence-corrected chi connectivity index (χ0v) is 17.1. The van der Waals surface area contributed by atoms with E-state index in [1.165, 1.54) is 19.3 Å². The Kier molecular flexibility index (Phi) is 9.23. The summed E-state index contributed by atoms with van der Waals surface area (Å²) in [6.07, 6.45) is 6.92. The van der Waals surface area contributed by atoms with E-state index in [2.05, 4.69) is 41.2 Å². The highest BCUT2D eigenvalue weighted by Crippen LogP contribution is 2.26. The van der Waals surface area contributed by atoms with Crippen LogP contribution in [0.15, 0.2) is 4.99 Å². The number of hydrogen-bond donors (Lipinski definition) is 2. The van der Waals surface area contributed by atoms with Gasteiger partial charge in [0, 0.05) is 38.1 Å². The van der Waals surface area contributed by atoms with Crippen LogP contribution in [0.25, 0.3) is 0 Å². The first-order chi connectivity index (χ1) is 12.7. The molecular formula is C20H39N5O. The molecule has 1 saturated carbocycles. The van der Waals surface area contributed by atoms with Crippen molar-refractivity contribution in [3.05, 3.63) is 0 Å². The van der Waals surface area contributed by atoms with Crippen LogP contribution in [0, 0.1) is 5.92 Å². The summed E-state index contributed by atoms with van der Waals surface area (Å²) in [5, 5.41) is 6.88. The van der Waals surface area contributed by atoms with Gasteiger partial charge in [0.25, 0.3) is 0 Å². The third-order valence-corrected chi connectivity index (χ3v) is 5.72. The number of aliphatic imine (C=N–C) groups is 1. The van der Waals surface area contributed by atoms with Crippen LogP contribution in [-0.2, 0) is 4.79 Å². The summed E-state index contributed by atoms with van der Waals surface area (Å²) in [6, 6.07) is 0.314. The maximum absolute atomic E-state index is 12.7. The molecule has 150 valence electrons. The summed E-state index contributed by atoms with van der Waals surface area (Å²) in [5.74, 6) is 1.55. The SMILES string of the molecule is CCNC(=NCCN(CC)CC)NC1CCN(C(=O)C2CCCCC2)C1. The van der Waals surface area contributed by atoms with Gasteiger partial charge in [-0.05, 0) is 39.3 Å². The first kappa shape index (κ1) is 21.0. The van der Waals surface area contributed by atoms with E-state index in [1.807, 2.05) is 0 Å². The van der Waals surface area contributed by atoms with Gasteiger partial charge in [-0.15, -0.1) is 0 Å². The quantitative estimate of drug-likeness (QED) is 0.511. The van der Waals surface area contributed by atoms with Gasteiger partial charge in [-0.2, -0.15) is 0 Å². The molecule has 2 N–H and O–H groups in total. The fourth-order valence-electron chi connectivity index (χ4n) is 4.04. The molecule has 0 bridgehead atoms. The minimum atomic E-state index is 0.276. The van der Waals surface area contributed by atoms with Crippen molar-refractivity contribution in [2.75, 3.05) is 45.8 Å². The van der Waals surface area contributed by atoms with Gasteiger partial charge in [0.15, 0.2) is 5.96 Å². The molecule has 1 aliphatic heterocycles. The number of nitrogens with zero attached hydrogens (tertiary/aromatic N) is 3. The van der Waals surface area contributed by atoms with Gasteiger partial charge in [0.2, 0.25) is 5.91 Å². The first-order valence-corrected chi connectivity index (χ1v) is 10.7. The molecule has 2 rings (SSSR count). The van der Waals surface area contributed by atoms with Gasteiger partial charge in [-0.3, -0.25) is 9.79 Å². The smallest absolute Gasteiger partial charge is 0.225 e. The fourth-order valence-corrected chi connectivity index (χ4v) is 4.04. The predicted octanol–water partition coefficient (Wildman–Crippen LogP) is 2.06. The average molecular weight is 366 g/mol. The van der Waals surface area contributed by atoms with E-state index in [-0.39, 0.29) is 5.92 Å². The molecule has 1 heterocycles. The Morgan fingerprint density at radius 1 is 1.12 bits per heavy atom. The Bertz CT molecular complexity index is 443. The van der Waals surface area contributed by atoms with E-state index in [1.54, 1.807) is 0 Å². The molecule has 2 fully saturated rings. The molecule has 1 unspecified atom stereocenters. The Hall–Kier alpha value is -1.30. The Morgan fingerprint density at radius 2 is 1.85 bits per heavy atom. The molecule has 0 aromatic heterocycles. The normalized spacial score (nSPS) is 22.1. The number of likely N-dealkylation sites (N-methyl/N-ethyl adjacent to an activating group) is 1. The summed E-state index contributed by atoms with van der Waals surface area (Å²) in [6.45, 7) is 12.9. The lowest BCUT2D eigenvalue weighted by atomic mass is 9.88. The van der Waals surface area contributed by atoms with Crippen LogP contribution < -0.4 is 10.6 Å². The lowest BCUT2D eigenvalue weighted by molar-refractivity contribution is -0.135. The molecule has 0 radical (unpaired) electrons. The number of amides is 1. The van der Waals surface area contributed by atoms with Gasteiger partial charge >= 0.3 is 0 Å². The third kappa shape index (κ3) is 6.45. The molecule has 6 nitrogen and oxygen atoms in total. The summed E-state index contributed by atoms with van der Waals surface area (Å²) < 4.78 is 0. The topological polar surface area (TPSA) is 60.0 Å². The molecule has 2 aliphatic rings. The van der Waals surface area contributed by atoms with Gasteiger partial charge in [-0.25, -0.2) is 0 Å². The molecule has 0 spiro atoms. The minimum absolute atomic E-state index is 0.276. The molecular weight excluding hydrogens is 326 g/mol. The number of hydrogen-bond acceptors (Lipinski definition) is 3. The second kappa shape index (κ2) is 11.4. The fraction of sp³-hybridized carbons (Fsp3) is 0.900. The van der Waals surface area contributed by atoms with E-state index in [4.69, 9.17) is 4.99 Å². The van der Waals surface area contributed by atoms with E-state index < -0.39 is 0 Å². The van der Waals surface area contributed by atoms with Crippen molar-refractivity contribution >= 4 is 11.9 Å². The number of nitrogens with one attached hydrogen (secondary N) is 2. The van der Waals surface area contributed by atoms with Crippen molar-refractivity contribution in [1.82, 2.24) is 20.4 Å². The van der Waals surface area contributed by atoms with Crippen LogP contribution in [0.1, 0.15) is 59.3 Å². The number of guanidine groups is 1. The average Bonchev–Trinajstić information content (AvgIpc) is 3.14. The zero-order chi connectivity index (χ0) is 18.8. The largest absolute Gasteiger partial charge is 0.357 e. The minimum Gasteiger partial charge on any atom is -0.357 e. The van der Waals surface area contributed by atoms with Crippen molar-refractivity contribution in [2.45, 2.75) is 65.3 Å². The molecule has 0 aromatic carbocycles. The van der Waals surface area contributed by atoms with Gasteiger partial charge in [0.05, 0.1) is 6.54 Å². The standard InChI is InChI=1S/C20H39N5O/c1-4-21-20(22-13-15-24(5-2)6-3)23-18-12-14-25(16-18)19(26)17-10-8-7-9-11-17/h17-18H,4-16H2,1-3H3,(H2,21,22,23). The highest BCUT2D eigenvalue weighted by atomic mass is 16.2. The van der Waals surface area contributed by atoms with Crippen LogP contribution in [-0.4, -0.2) is 73.5 Å². The van der Waals surface area contributed by atoms with E-state index in [0.717, 1.165) is 71.0 Å². The highest BCUT2D eigenvalue weighted by molar-refractivity contribution is 5.81. The highest BCUT2D eigenvalue weighted by Gasteiger charge is 2.31. The van der Waals surface area contributed by atoms with Gasteiger partial charge < -0.3 is 20.4 Å². The van der Waals surface area contributed by atoms with E-state index in [9.17, 15) is 4.79 Å². The van der Waals surface area contributed by atoms with Crippen molar-refractivity contribution < 1.29 is 4.79 Å². The van der Waals surface area contributed by atoms with Crippen molar-refractivity contribution in [3.63, 3.8) is 0 Å². The lowest BCUT2D eigenvalue weighted by Gasteiger charge is -2.26. The molecule has 1 saturated heterocycles. The number of carbonyl (C=O) groups is 1. The van der Waals surface area contributed by atoms with Crippen molar-refractivity contribution in [1.29, 1.82) is 0 Å². The monoisotopic (exact) mass is 365 g/mol. The van der Waals surface area contributed by atoms with Crippen LogP contribution >= 0.6 is 0 Å². The Balaban J connectivity index is 1.80. The van der Waals surface area contributed by atoms with E-state index in [0.29, 0.717) is 11.9 Å². The lowest BCUT2D eigenvalue weighted by Crippen LogP contribution is -2.46. The van der Waals surface area contributed by atoms with Crippen molar-refractivity contribution in [3.8, 4) is 0 Å². The number of carbonyl (C=O) groups excluding carboxylic acids is 1. The zero-order valence-electron chi connectivity index (χ0n) is 17.1. The third-order valence-electron chi connectivity index (χ3n) is 5.72. The predicted molar refractivity (Wildman–Crippen MR) is 108 cm³/mol. The summed E-state index contributed by atoms with van der Waals surface area (Å²) in [4.78, 5) is 21.9. The summed E-state index contributed by atoms with van der Waals surface area (Å²) in [7, 11) is 0. The van der Waals surface area contributed by atoms with E-state index >= 15 is 0 Å². The summed E-state index contributed by atoms with van der Waals surface area (Å²) >= 11 is 0. The van der Waals surface area contributed by atoms with Crippen LogP contribution in [0.3, 0.4) is 0 Å². The van der Waals surface area contributed by atoms with Gasteiger partial charge in [-0.1, -0.05) is 33.1 Å². The number of rotatable bonds is 8. The Morgan fingerprint density at radius 3 is 2.50 bits per heavy atom. The van der Waals surface area contributed by atoms with Crippen LogP contribution in [0.2, 0.25) is 0 Å². The van der Waals surface area contributed by atoms with Gasteiger partial charge in [0.1, 0.15) is 0 Å². The molecule has 26 heavy (non-hydrogen) atoms.